The lowest BCUT2D eigenvalue weighted by Crippen LogP contribution is -2.15. The third-order valence-electron chi connectivity index (χ3n) is 1.90. The maximum atomic E-state index is 13.2. The quantitative estimate of drug-likeness (QED) is 0.719. The SMILES string of the molecule is O=c1[nH]ccn1-c1cc(F)c(F)cc1F. The summed E-state index contributed by atoms with van der Waals surface area (Å²) >= 11 is 0. The van der Waals surface area contributed by atoms with Gasteiger partial charge in [-0.3, -0.25) is 4.57 Å². The van der Waals surface area contributed by atoms with Gasteiger partial charge in [0.15, 0.2) is 11.6 Å². The van der Waals surface area contributed by atoms with Gasteiger partial charge < -0.3 is 4.98 Å². The van der Waals surface area contributed by atoms with E-state index in [1.165, 1.54) is 12.4 Å². The fraction of sp³-hybridized carbons (Fsp3) is 0. The summed E-state index contributed by atoms with van der Waals surface area (Å²) in [7, 11) is 0. The van der Waals surface area contributed by atoms with E-state index in [1.54, 1.807) is 0 Å². The van der Waals surface area contributed by atoms with E-state index in [0.29, 0.717) is 12.1 Å². The Kier molecular flexibility index (Phi) is 2.11. The molecule has 0 saturated heterocycles. The zero-order chi connectivity index (χ0) is 11.0. The number of H-pyrrole nitrogens is 1. The number of benzene rings is 1. The second-order valence-electron chi connectivity index (χ2n) is 2.85. The highest BCUT2D eigenvalue weighted by Gasteiger charge is 2.12. The minimum Gasteiger partial charge on any atom is -0.312 e. The molecule has 78 valence electrons. The van der Waals surface area contributed by atoms with Crippen molar-refractivity contribution in [3.05, 3.63) is 52.5 Å². The first kappa shape index (κ1) is 9.57. The number of nitrogens with one attached hydrogen (secondary N) is 1. The molecule has 2 aromatic rings. The van der Waals surface area contributed by atoms with Crippen LogP contribution < -0.4 is 5.69 Å². The van der Waals surface area contributed by atoms with Gasteiger partial charge in [-0.1, -0.05) is 0 Å². The van der Waals surface area contributed by atoms with Crippen LogP contribution in [0.2, 0.25) is 0 Å². The van der Waals surface area contributed by atoms with Gasteiger partial charge in [0.2, 0.25) is 0 Å². The van der Waals surface area contributed by atoms with E-state index < -0.39 is 23.1 Å². The zero-order valence-corrected chi connectivity index (χ0v) is 7.30. The topological polar surface area (TPSA) is 37.8 Å². The van der Waals surface area contributed by atoms with Crippen LogP contribution in [-0.2, 0) is 0 Å². The molecule has 0 spiro atoms. The summed E-state index contributed by atoms with van der Waals surface area (Å²) in [6.45, 7) is 0. The average Bonchev–Trinajstić information content (AvgIpc) is 2.58. The summed E-state index contributed by atoms with van der Waals surface area (Å²) in [5.74, 6) is -3.50. The fourth-order valence-electron chi connectivity index (χ4n) is 1.21. The number of imidazole rings is 1. The first-order chi connectivity index (χ1) is 7.09. The van der Waals surface area contributed by atoms with Crippen molar-refractivity contribution < 1.29 is 13.2 Å². The Hall–Kier alpha value is -1.98. The molecule has 0 aliphatic heterocycles. The van der Waals surface area contributed by atoms with Gasteiger partial charge in [-0.2, -0.15) is 0 Å². The van der Waals surface area contributed by atoms with E-state index >= 15 is 0 Å². The predicted octanol–water partition coefficient (Wildman–Crippen LogP) is 1.58. The molecule has 0 atom stereocenters. The number of hydrogen-bond donors (Lipinski definition) is 1. The van der Waals surface area contributed by atoms with E-state index in [-0.39, 0.29) is 5.69 Å². The highest BCUT2D eigenvalue weighted by Crippen LogP contribution is 2.15. The van der Waals surface area contributed by atoms with Gasteiger partial charge in [0.1, 0.15) is 5.82 Å². The smallest absolute Gasteiger partial charge is 0.312 e. The molecule has 3 nitrogen and oxygen atoms in total. The number of aromatic amines is 1. The van der Waals surface area contributed by atoms with Gasteiger partial charge in [0, 0.05) is 24.5 Å². The Morgan fingerprint density at radius 1 is 1.07 bits per heavy atom. The molecule has 15 heavy (non-hydrogen) atoms. The molecule has 0 aliphatic rings. The van der Waals surface area contributed by atoms with Crippen molar-refractivity contribution in [1.82, 2.24) is 9.55 Å². The lowest BCUT2D eigenvalue weighted by atomic mass is 10.3. The Balaban J connectivity index is 2.69. The van der Waals surface area contributed by atoms with Gasteiger partial charge in [0.05, 0.1) is 5.69 Å². The van der Waals surface area contributed by atoms with Crippen LogP contribution in [0.15, 0.2) is 29.3 Å². The third kappa shape index (κ3) is 1.54. The highest BCUT2D eigenvalue weighted by atomic mass is 19.2. The van der Waals surface area contributed by atoms with E-state index in [4.69, 9.17) is 0 Å². The highest BCUT2D eigenvalue weighted by molar-refractivity contribution is 5.34. The summed E-state index contributed by atoms with van der Waals surface area (Å²) < 4.78 is 39.4. The number of hydrogen-bond acceptors (Lipinski definition) is 1. The third-order valence-corrected chi connectivity index (χ3v) is 1.90. The van der Waals surface area contributed by atoms with Crippen LogP contribution in [0, 0.1) is 17.5 Å². The maximum Gasteiger partial charge on any atom is 0.330 e. The summed E-state index contributed by atoms with van der Waals surface area (Å²) in [6.07, 6.45) is 2.49. The number of nitrogens with zero attached hydrogens (tertiary/aromatic N) is 1. The summed E-state index contributed by atoms with van der Waals surface area (Å²) in [5, 5.41) is 0. The molecular weight excluding hydrogens is 209 g/mol. The van der Waals surface area contributed by atoms with Crippen molar-refractivity contribution in [3.8, 4) is 5.69 Å². The van der Waals surface area contributed by atoms with E-state index in [9.17, 15) is 18.0 Å². The zero-order valence-electron chi connectivity index (χ0n) is 7.30. The first-order valence-electron chi connectivity index (χ1n) is 4.00. The second-order valence-corrected chi connectivity index (χ2v) is 2.85. The molecule has 2 rings (SSSR count). The normalized spacial score (nSPS) is 10.6. The van der Waals surface area contributed by atoms with Gasteiger partial charge in [-0.05, 0) is 0 Å². The number of rotatable bonds is 1. The summed E-state index contributed by atoms with van der Waals surface area (Å²) in [4.78, 5) is 13.3. The molecule has 0 radical (unpaired) electrons. The van der Waals surface area contributed by atoms with Crippen LogP contribution >= 0.6 is 0 Å². The molecule has 1 heterocycles. The van der Waals surface area contributed by atoms with E-state index in [1.807, 2.05) is 0 Å². The number of halogens is 3. The van der Waals surface area contributed by atoms with Gasteiger partial charge in [-0.15, -0.1) is 0 Å². The standard InChI is InChI=1S/C9H5F3N2O/c10-5-3-7(12)8(4-6(5)11)14-2-1-13-9(14)15/h1-4H,(H,13,15). The molecule has 1 N–H and O–H groups in total. The van der Waals surface area contributed by atoms with Crippen LogP contribution in [0.25, 0.3) is 5.69 Å². The maximum absolute atomic E-state index is 13.2. The molecular formula is C9H5F3N2O. The van der Waals surface area contributed by atoms with Crippen molar-refractivity contribution in [3.63, 3.8) is 0 Å². The molecule has 6 heteroatoms. The Bertz CT molecular complexity index is 559. The van der Waals surface area contributed by atoms with Crippen molar-refractivity contribution in [1.29, 1.82) is 0 Å². The van der Waals surface area contributed by atoms with Crippen molar-refractivity contribution >= 4 is 0 Å². The first-order valence-corrected chi connectivity index (χ1v) is 4.00. The molecule has 1 aromatic carbocycles. The van der Waals surface area contributed by atoms with Crippen LogP contribution in [0.1, 0.15) is 0 Å². The fourth-order valence-corrected chi connectivity index (χ4v) is 1.21. The van der Waals surface area contributed by atoms with Gasteiger partial charge >= 0.3 is 5.69 Å². The van der Waals surface area contributed by atoms with Crippen molar-refractivity contribution in [2.24, 2.45) is 0 Å². The summed E-state index contributed by atoms with van der Waals surface area (Å²) in [6, 6.07) is 1.02. The minimum absolute atomic E-state index is 0.333. The van der Waals surface area contributed by atoms with Crippen molar-refractivity contribution in [2.75, 3.05) is 0 Å². The Morgan fingerprint density at radius 3 is 2.33 bits per heavy atom. The molecule has 0 bridgehead atoms. The minimum atomic E-state index is -1.29. The molecule has 0 amide bonds. The molecule has 1 aromatic heterocycles. The summed E-state index contributed by atoms with van der Waals surface area (Å²) in [5.41, 5.74) is -0.958. The van der Waals surface area contributed by atoms with E-state index in [2.05, 4.69) is 4.98 Å². The monoisotopic (exact) mass is 214 g/mol. The van der Waals surface area contributed by atoms with Crippen LogP contribution in [-0.4, -0.2) is 9.55 Å². The van der Waals surface area contributed by atoms with Crippen molar-refractivity contribution in [2.45, 2.75) is 0 Å². The van der Waals surface area contributed by atoms with Crippen LogP contribution in [0.3, 0.4) is 0 Å². The average molecular weight is 214 g/mol. The Labute approximate surface area is 81.8 Å². The molecule has 0 fully saturated rings. The second kappa shape index (κ2) is 3.30. The van der Waals surface area contributed by atoms with E-state index in [0.717, 1.165) is 4.57 Å². The molecule has 0 saturated carbocycles. The Morgan fingerprint density at radius 2 is 1.73 bits per heavy atom. The lowest BCUT2D eigenvalue weighted by Gasteiger charge is -2.03. The van der Waals surface area contributed by atoms with Crippen LogP contribution in [0.5, 0.6) is 0 Å². The largest absolute Gasteiger partial charge is 0.330 e. The predicted molar refractivity (Wildman–Crippen MR) is 46.3 cm³/mol. The van der Waals surface area contributed by atoms with Gasteiger partial charge in [-0.25, -0.2) is 18.0 Å². The lowest BCUT2D eigenvalue weighted by molar-refractivity contribution is 0.492. The van der Waals surface area contributed by atoms with Gasteiger partial charge in [0.25, 0.3) is 0 Å². The molecule has 0 unspecified atom stereocenters. The van der Waals surface area contributed by atoms with Crippen LogP contribution in [0.4, 0.5) is 13.2 Å². The molecule has 0 aliphatic carbocycles. The number of aromatic nitrogens is 2.